The van der Waals surface area contributed by atoms with Gasteiger partial charge >= 0.3 is 0 Å². The van der Waals surface area contributed by atoms with E-state index in [-0.39, 0.29) is 17.9 Å². The molecule has 0 bridgehead atoms. The van der Waals surface area contributed by atoms with Gasteiger partial charge in [-0.15, -0.1) is 0 Å². The van der Waals surface area contributed by atoms with Crippen LogP contribution in [0.15, 0.2) is 35.4 Å². The second-order valence-corrected chi connectivity index (χ2v) is 5.37. The Hall–Kier alpha value is -2.96. The molecule has 0 radical (unpaired) electrons. The summed E-state index contributed by atoms with van der Waals surface area (Å²) in [5.74, 6) is 0.202. The van der Waals surface area contributed by atoms with Gasteiger partial charge in [-0.05, 0) is 31.9 Å². The van der Waals surface area contributed by atoms with Crippen molar-refractivity contribution in [3.05, 3.63) is 57.8 Å². The van der Waals surface area contributed by atoms with Crippen molar-refractivity contribution >= 4 is 17.4 Å². The minimum absolute atomic E-state index is 0.132. The van der Waals surface area contributed by atoms with E-state index in [0.717, 1.165) is 11.3 Å². The lowest BCUT2D eigenvalue weighted by Gasteiger charge is -2.08. The third-order valence-corrected chi connectivity index (χ3v) is 3.75. The van der Waals surface area contributed by atoms with E-state index in [4.69, 9.17) is 0 Å². The van der Waals surface area contributed by atoms with Gasteiger partial charge in [0.25, 0.3) is 11.3 Å². The number of rotatable bonds is 4. The summed E-state index contributed by atoms with van der Waals surface area (Å²) in [5, 5.41) is 5.58. The molecule has 0 atom stereocenters. The quantitative estimate of drug-likeness (QED) is 0.765. The minimum Gasteiger partial charge on any atom is -0.326 e. The molecule has 3 rings (SSSR count). The maximum absolute atomic E-state index is 12.4. The maximum Gasteiger partial charge on any atom is 0.277 e. The highest BCUT2D eigenvalue weighted by atomic mass is 16.1. The summed E-state index contributed by atoms with van der Waals surface area (Å²) in [6.45, 7) is 3.69. The van der Waals surface area contributed by atoms with Gasteiger partial charge in [0, 0.05) is 17.7 Å². The van der Waals surface area contributed by atoms with Crippen LogP contribution < -0.4 is 10.9 Å². The number of amides is 1. The van der Waals surface area contributed by atoms with Crippen LogP contribution in [-0.4, -0.2) is 25.5 Å². The largest absolute Gasteiger partial charge is 0.326 e. The van der Waals surface area contributed by atoms with Gasteiger partial charge < -0.3 is 5.32 Å². The monoisotopic (exact) mass is 311 g/mol. The number of carbonyl (C=O) groups is 1. The van der Waals surface area contributed by atoms with Crippen LogP contribution in [0.5, 0.6) is 0 Å². The van der Waals surface area contributed by atoms with E-state index in [1.165, 1.54) is 10.8 Å². The van der Waals surface area contributed by atoms with Crippen LogP contribution in [0, 0.1) is 13.8 Å². The van der Waals surface area contributed by atoms with Crippen molar-refractivity contribution in [2.45, 2.75) is 26.7 Å². The first-order chi connectivity index (χ1) is 11.1. The smallest absolute Gasteiger partial charge is 0.277 e. The first kappa shape index (κ1) is 15.0. The number of benzene rings is 1. The first-order valence-corrected chi connectivity index (χ1v) is 7.33. The molecule has 1 aromatic carbocycles. The van der Waals surface area contributed by atoms with Crippen LogP contribution in [0.4, 0.5) is 5.69 Å². The van der Waals surface area contributed by atoms with E-state index in [9.17, 15) is 9.59 Å². The summed E-state index contributed by atoms with van der Waals surface area (Å²) >= 11 is 0. The highest BCUT2D eigenvalue weighted by Crippen LogP contribution is 2.14. The molecule has 0 aliphatic carbocycles. The van der Waals surface area contributed by atoms with Crippen molar-refractivity contribution in [3.63, 3.8) is 0 Å². The average molecular weight is 311 g/mol. The fraction of sp³-hybridized carbons (Fsp3) is 0.250. The molecular weight excluding hydrogens is 294 g/mol. The van der Waals surface area contributed by atoms with Crippen LogP contribution in [0.1, 0.15) is 23.2 Å². The third-order valence-electron chi connectivity index (χ3n) is 3.75. The zero-order valence-electron chi connectivity index (χ0n) is 13.0. The molecular formula is C16H17N5O2. The number of H-pyrrole nitrogens is 1. The number of nitrogens with zero attached hydrogens (tertiary/aromatic N) is 3. The topological polar surface area (TPSA) is 92.2 Å². The predicted molar refractivity (Wildman–Crippen MR) is 86.5 cm³/mol. The van der Waals surface area contributed by atoms with Crippen molar-refractivity contribution < 1.29 is 4.79 Å². The molecule has 0 aliphatic heterocycles. The number of aryl methyl sites for hydroxylation is 2. The molecule has 0 aliphatic rings. The molecule has 3 aromatic rings. The number of aromatic amines is 1. The summed E-state index contributed by atoms with van der Waals surface area (Å²) in [5.41, 5.74) is 2.69. The van der Waals surface area contributed by atoms with Crippen molar-refractivity contribution in [2.24, 2.45) is 0 Å². The van der Waals surface area contributed by atoms with Gasteiger partial charge in [0.1, 0.15) is 6.33 Å². The fourth-order valence-corrected chi connectivity index (χ4v) is 2.45. The number of carbonyl (C=O) groups excluding carboxylic acids is 1. The lowest BCUT2D eigenvalue weighted by Crippen LogP contribution is -2.23. The zero-order chi connectivity index (χ0) is 16.4. The highest BCUT2D eigenvalue weighted by molar-refractivity contribution is 5.91. The SMILES string of the molecule is Cc1ccccc1NC(=O)CCc1c(C)nc2nc[nH]n2c1=O. The van der Waals surface area contributed by atoms with Gasteiger partial charge in [-0.25, -0.2) is 9.97 Å². The molecule has 0 spiro atoms. The Labute approximate surface area is 132 Å². The molecule has 0 unspecified atom stereocenters. The second-order valence-electron chi connectivity index (χ2n) is 5.37. The Kier molecular flexibility index (Phi) is 3.92. The van der Waals surface area contributed by atoms with E-state index in [0.29, 0.717) is 23.5 Å². The normalized spacial score (nSPS) is 10.9. The van der Waals surface area contributed by atoms with Crippen LogP contribution in [0.2, 0.25) is 0 Å². The predicted octanol–water partition coefficient (Wildman–Crippen LogP) is 1.61. The van der Waals surface area contributed by atoms with E-state index in [1.807, 2.05) is 31.2 Å². The van der Waals surface area contributed by atoms with Crippen molar-refractivity contribution in [1.82, 2.24) is 19.6 Å². The lowest BCUT2D eigenvalue weighted by atomic mass is 10.1. The Morgan fingerprint density at radius 1 is 1.30 bits per heavy atom. The van der Waals surface area contributed by atoms with Gasteiger partial charge in [-0.1, -0.05) is 18.2 Å². The molecule has 1 amide bonds. The molecule has 2 N–H and O–H groups in total. The highest BCUT2D eigenvalue weighted by Gasteiger charge is 2.13. The summed E-state index contributed by atoms with van der Waals surface area (Å²) in [6, 6.07) is 7.57. The van der Waals surface area contributed by atoms with Crippen molar-refractivity contribution in [2.75, 3.05) is 5.32 Å². The molecule has 2 aromatic heterocycles. The Bertz CT molecular complexity index is 926. The summed E-state index contributed by atoms with van der Waals surface area (Å²) < 4.78 is 1.28. The molecule has 118 valence electrons. The first-order valence-electron chi connectivity index (χ1n) is 7.33. The van der Waals surface area contributed by atoms with Crippen molar-refractivity contribution in [3.8, 4) is 0 Å². The van der Waals surface area contributed by atoms with E-state index in [1.54, 1.807) is 6.92 Å². The number of aromatic nitrogens is 4. The van der Waals surface area contributed by atoms with Crippen LogP contribution in [0.3, 0.4) is 0 Å². The summed E-state index contributed by atoms with van der Waals surface area (Å²) in [6.07, 6.45) is 1.96. The fourth-order valence-electron chi connectivity index (χ4n) is 2.45. The second kappa shape index (κ2) is 6.04. The molecule has 7 heteroatoms. The minimum atomic E-state index is -0.214. The molecule has 2 heterocycles. The van der Waals surface area contributed by atoms with E-state index >= 15 is 0 Å². The van der Waals surface area contributed by atoms with Gasteiger partial charge in [-0.2, -0.15) is 4.52 Å². The van der Waals surface area contributed by atoms with E-state index in [2.05, 4.69) is 20.4 Å². The van der Waals surface area contributed by atoms with Crippen LogP contribution in [0.25, 0.3) is 5.78 Å². The summed E-state index contributed by atoms with van der Waals surface area (Å²) in [7, 11) is 0. The van der Waals surface area contributed by atoms with Gasteiger partial charge in [0.05, 0.1) is 5.69 Å². The Morgan fingerprint density at radius 3 is 2.87 bits per heavy atom. The standard InChI is InChI=1S/C16H17N5O2/c1-10-5-3-4-6-13(10)20-14(22)8-7-12-11(2)19-16-17-9-18-21(16)15(12)23/h3-6,9H,7-8H2,1-2H3,(H,20,22)(H,17,18,19). The molecule has 23 heavy (non-hydrogen) atoms. The van der Waals surface area contributed by atoms with Crippen LogP contribution in [-0.2, 0) is 11.2 Å². The number of fused-ring (bicyclic) bond motifs is 1. The van der Waals surface area contributed by atoms with E-state index < -0.39 is 0 Å². The molecule has 0 saturated carbocycles. The van der Waals surface area contributed by atoms with Gasteiger partial charge in [-0.3, -0.25) is 14.7 Å². The summed E-state index contributed by atoms with van der Waals surface area (Å²) in [4.78, 5) is 32.7. The number of para-hydroxylation sites is 1. The lowest BCUT2D eigenvalue weighted by molar-refractivity contribution is -0.116. The maximum atomic E-state index is 12.4. The van der Waals surface area contributed by atoms with Gasteiger partial charge in [0.15, 0.2) is 0 Å². The molecule has 7 nitrogen and oxygen atoms in total. The van der Waals surface area contributed by atoms with Gasteiger partial charge in [0.2, 0.25) is 5.91 Å². The van der Waals surface area contributed by atoms with Crippen LogP contribution >= 0.6 is 0 Å². The zero-order valence-corrected chi connectivity index (χ0v) is 13.0. The Balaban J connectivity index is 1.74. The average Bonchev–Trinajstić information content (AvgIpc) is 2.98. The molecule has 0 saturated heterocycles. The number of hydrogen-bond acceptors (Lipinski definition) is 4. The molecule has 0 fully saturated rings. The van der Waals surface area contributed by atoms with Crippen molar-refractivity contribution in [1.29, 1.82) is 0 Å². The number of nitrogens with one attached hydrogen (secondary N) is 2. The number of anilines is 1. The number of hydrogen-bond donors (Lipinski definition) is 2. The third kappa shape index (κ3) is 2.98. The Morgan fingerprint density at radius 2 is 2.09 bits per heavy atom.